The summed E-state index contributed by atoms with van der Waals surface area (Å²) in [5, 5.41) is 0.888. The maximum Gasteiger partial charge on any atom is 0.254 e. The van der Waals surface area contributed by atoms with Crippen LogP contribution in [0.3, 0.4) is 0 Å². The number of anilines is 1. The molecule has 1 aromatic carbocycles. The molecule has 0 saturated heterocycles. The van der Waals surface area contributed by atoms with Gasteiger partial charge < -0.3 is 0 Å². The summed E-state index contributed by atoms with van der Waals surface area (Å²) in [6.07, 6.45) is 0. The molecule has 1 rings (SSSR count). The van der Waals surface area contributed by atoms with Crippen LogP contribution in [0.15, 0.2) is 36.3 Å². The third kappa shape index (κ3) is 2.59. The number of aryl methyl sites for hydroxylation is 1. The molecule has 1 aromatic rings. The first-order valence-electron chi connectivity index (χ1n) is 3.76. The van der Waals surface area contributed by atoms with Crippen LogP contribution in [0.4, 0.5) is 5.69 Å². The first-order valence-corrected chi connectivity index (χ1v) is 5.31. The van der Waals surface area contributed by atoms with Gasteiger partial charge in [0, 0.05) is 5.41 Å². The molecule has 0 aliphatic carbocycles. The Labute approximate surface area is 78.1 Å². The van der Waals surface area contributed by atoms with Gasteiger partial charge in [-0.2, -0.15) is 0 Å². The summed E-state index contributed by atoms with van der Waals surface area (Å²) in [6, 6.07) is 7.16. The van der Waals surface area contributed by atoms with Gasteiger partial charge in [-0.1, -0.05) is 24.8 Å². The summed E-state index contributed by atoms with van der Waals surface area (Å²) < 4.78 is 24.6. The molecule has 0 saturated carbocycles. The largest absolute Gasteiger partial charge is 0.280 e. The molecule has 0 aliphatic rings. The highest BCUT2D eigenvalue weighted by molar-refractivity contribution is 7.95. The summed E-state index contributed by atoms with van der Waals surface area (Å²) in [4.78, 5) is 0. The Bertz CT molecular complexity index is 409. The molecule has 13 heavy (non-hydrogen) atoms. The van der Waals surface area contributed by atoms with E-state index in [4.69, 9.17) is 0 Å². The number of hydrogen-bond donors (Lipinski definition) is 1. The number of nitrogens with one attached hydrogen (secondary N) is 1. The third-order valence-corrected chi connectivity index (χ3v) is 2.56. The van der Waals surface area contributed by atoms with Crippen molar-refractivity contribution in [3.63, 3.8) is 0 Å². The molecule has 0 spiro atoms. The van der Waals surface area contributed by atoms with Gasteiger partial charge in [0.2, 0.25) is 0 Å². The van der Waals surface area contributed by atoms with E-state index in [9.17, 15) is 8.42 Å². The van der Waals surface area contributed by atoms with Crippen LogP contribution in [-0.2, 0) is 10.0 Å². The van der Waals surface area contributed by atoms with Gasteiger partial charge in [-0.3, -0.25) is 4.72 Å². The Kier molecular flexibility index (Phi) is 2.72. The van der Waals surface area contributed by atoms with Gasteiger partial charge in [-0.25, -0.2) is 8.42 Å². The van der Waals surface area contributed by atoms with E-state index >= 15 is 0 Å². The smallest absolute Gasteiger partial charge is 0.254 e. The second-order valence-corrected chi connectivity index (χ2v) is 4.26. The van der Waals surface area contributed by atoms with Crippen LogP contribution < -0.4 is 4.72 Å². The van der Waals surface area contributed by atoms with E-state index in [1.807, 2.05) is 19.1 Å². The minimum Gasteiger partial charge on any atom is -0.280 e. The Balaban J connectivity index is 3.00. The lowest BCUT2D eigenvalue weighted by atomic mass is 10.2. The molecule has 1 N–H and O–H groups in total. The number of benzene rings is 1. The van der Waals surface area contributed by atoms with Gasteiger partial charge in [-0.15, -0.1) is 0 Å². The van der Waals surface area contributed by atoms with Crippen LogP contribution >= 0.6 is 0 Å². The van der Waals surface area contributed by atoms with E-state index in [2.05, 4.69) is 11.3 Å². The molecule has 0 amide bonds. The summed E-state index contributed by atoms with van der Waals surface area (Å²) in [5.74, 6) is 0. The number of sulfonamides is 1. The van der Waals surface area contributed by atoms with Gasteiger partial charge in [0.1, 0.15) is 0 Å². The summed E-state index contributed by atoms with van der Waals surface area (Å²) in [7, 11) is -3.38. The molecule has 70 valence electrons. The fraction of sp³-hybridized carbons (Fsp3) is 0.111. The maximum absolute atomic E-state index is 11.1. The fourth-order valence-electron chi connectivity index (χ4n) is 0.882. The highest BCUT2D eigenvalue weighted by atomic mass is 32.2. The number of rotatable bonds is 3. The molecule has 0 aliphatic heterocycles. The van der Waals surface area contributed by atoms with Crippen molar-refractivity contribution in [3.05, 3.63) is 41.8 Å². The first kappa shape index (κ1) is 9.80. The second-order valence-electron chi connectivity index (χ2n) is 2.63. The zero-order chi connectivity index (χ0) is 9.90. The topological polar surface area (TPSA) is 46.2 Å². The molecule has 0 fully saturated rings. The standard InChI is InChI=1S/C9H11NO2S/c1-3-13(11,12)10-9-7-5-4-6-8(9)2/h3-7,10H,1H2,2H3. The quantitative estimate of drug-likeness (QED) is 0.804. The van der Waals surface area contributed by atoms with Gasteiger partial charge in [0.25, 0.3) is 10.0 Å². The normalized spacial score (nSPS) is 10.8. The van der Waals surface area contributed by atoms with Gasteiger partial charge in [0.05, 0.1) is 5.69 Å². The lowest BCUT2D eigenvalue weighted by Gasteiger charge is -2.06. The van der Waals surface area contributed by atoms with Crippen molar-refractivity contribution in [1.82, 2.24) is 0 Å². The summed E-state index contributed by atoms with van der Waals surface area (Å²) in [6.45, 7) is 5.04. The van der Waals surface area contributed by atoms with Crippen LogP contribution in [0.5, 0.6) is 0 Å². The van der Waals surface area contributed by atoms with Crippen molar-refractivity contribution in [2.75, 3.05) is 4.72 Å². The van der Waals surface area contributed by atoms with Crippen LogP contribution in [0.1, 0.15) is 5.56 Å². The van der Waals surface area contributed by atoms with Crippen molar-refractivity contribution in [2.24, 2.45) is 0 Å². The Hall–Kier alpha value is -1.29. The Morgan fingerprint density at radius 2 is 2.00 bits per heavy atom. The highest BCUT2D eigenvalue weighted by Gasteiger charge is 2.04. The lowest BCUT2D eigenvalue weighted by molar-refractivity contribution is 0.609. The number of para-hydroxylation sites is 1. The molecule has 0 radical (unpaired) electrons. The molecule has 0 bridgehead atoms. The lowest BCUT2D eigenvalue weighted by Crippen LogP contribution is -2.09. The minimum absolute atomic E-state index is 0.586. The van der Waals surface area contributed by atoms with Crippen molar-refractivity contribution >= 4 is 15.7 Å². The molecule has 0 atom stereocenters. The molecule has 4 heteroatoms. The third-order valence-electron chi connectivity index (χ3n) is 1.62. The van der Waals surface area contributed by atoms with Gasteiger partial charge >= 0.3 is 0 Å². The van der Waals surface area contributed by atoms with Gasteiger partial charge in [-0.05, 0) is 18.6 Å². The van der Waals surface area contributed by atoms with Crippen molar-refractivity contribution in [1.29, 1.82) is 0 Å². The zero-order valence-corrected chi connectivity index (χ0v) is 8.14. The molecular weight excluding hydrogens is 186 g/mol. The van der Waals surface area contributed by atoms with E-state index in [-0.39, 0.29) is 0 Å². The monoisotopic (exact) mass is 197 g/mol. The van der Waals surface area contributed by atoms with Crippen molar-refractivity contribution in [3.8, 4) is 0 Å². The van der Waals surface area contributed by atoms with Crippen LogP contribution in [-0.4, -0.2) is 8.42 Å². The zero-order valence-electron chi connectivity index (χ0n) is 7.32. The van der Waals surface area contributed by atoms with E-state index in [1.54, 1.807) is 12.1 Å². The SMILES string of the molecule is C=CS(=O)(=O)Nc1ccccc1C. The predicted molar refractivity (Wildman–Crippen MR) is 53.9 cm³/mol. The molecular formula is C9H11NO2S. The van der Waals surface area contributed by atoms with E-state index in [0.717, 1.165) is 11.0 Å². The molecule has 0 aromatic heterocycles. The molecule has 3 nitrogen and oxygen atoms in total. The highest BCUT2D eigenvalue weighted by Crippen LogP contribution is 2.14. The Morgan fingerprint density at radius 1 is 1.38 bits per heavy atom. The van der Waals surface area contributed by atoms with E-state index in [1.165, 1.54) is 0 Å². The van der Waals surface area contributed by atoms with E-state index < -0.39 is 10.0 Å². The van der Waals surface area contributed by atoms with Gasteiger partial charge in [0.15, 0.2) is 0 Å². The first-order chi connectivity index (χ1) is 6.05. The Morgan fingerprint density at radius 3 is 2.54 bits per heavy atom. The average molecular weight is 197 g/mol. The average Bonchev–Trinajstić information content (AvgIpc) is 2.09. The van der Waals surface area contributed by atoms with Crippen molar-refractivity contribution < 1.29 is 8.42 Å². The van der Waals surface area contributed by atoms with Crippen molar-refractivity contribution in [2.45, 2.75) is 6.92 Å². The van der Waals surface area contributed by atoms with E-state index in [0.29, 0.717) is 5.69 Å². The minimum atomic E-state index is -3.38. The molecule has 0 unspecified atom stereocenters. The van der Waals surface area contributed by atoms with Crippen LogP contribution in [0.2, 0.25) is 0 Å². The number of hydrogen-bond acceptors (Lipinski definition) is 2. The fourth-order valence-corrected chi connectivity index (χ4v) is 1.50. The molecule has 0 heterocycles. The van der Waals surface area contributed by atoms with Crippen LogP contribution in [0, 0.1) is 6.92 Å². The summed E-state index contributed by atoms with van der Waals surface area (Å²) >= 11 is 0. The van der Waals surface area contributed by atoms with Crippen LogP contribution in [0.25, 0.3) is 0 Å². The summed E-state index contributed by atoms with van der Waals surface area (Å²) in [5.41, 5.74) is 1.47. The maximum atomic E-state index is 11.1. The predicted octanol–water partition coefficient (Wildman–Crippen LogP) is 1.88. The second kappa shape index (κ2) is 3.62.